The number of hydrogen-bond acceptors (Lipinski definition) is 6. The van der Waals surface area contributed by atoms with Gasteiger partial charge in [0.2, 0.25) is 5.91 Å². The van der Waals surface area contributed by atoms with Crippen LogP contribution in [0.25, 0.3) is 0 Å². The molecule has 1 aromatic heterocycles. The summed E-state index contributed by atoms with van der Waals surface area (Å²) in [6.07, 6.45) is -1.24. The van der Waals surface area contributed by atoms with E-state index < -0.39 is 12.0 Å². The summed E-state index contributed by atoms with van der Waals surface area (Å²) in [6.45, 7) is 6.02. The van der Waals surface area contributed by atoms with E-state index in [9.17, 15) is 9.90 Å². The summed E-state index contributed by atoms with van der Waals surface area (Å²) < 4.78 is 0. The Kier molecular flexibility index (Phi) is 4.66. The summed E-state index contributed by atoms with van der Waals surface area (Å²) in [6, 6.07) is 1.70. The first kappa shape index (κ1) is 15.2. The highest BCUT2D eigenvalue weighted by molar-refractivity contribution is 5.79. The van der Waals surface area contributed by atoms with Crippen LogP contribution in [0.3, 0.4) is 0 Å². The second-order valence-electron chi connectivity index (χ2n) is 5.26. The largest absolute Gasteiger partial charge is 0.381 e. The molecule has 1 amide bonds. The summed E-state index contributed by atoms with van der Waals surface area (Å²) >= 11 is 0. The number of carbonyl (C=O) groups excluding carboxylic acids is 1. The topological polar surface area (TPSA) is 113 Å². The van der Waals surface area contributed by atoms with E-state index in [4.69, 9.17) is 5.73 Å². The molecule has 7 heteroatoms. The minimum Gasteiger partial charge on any atom is -0.381 e. The third-order valence-electron chi connectivity index (χ3n) is 2.46. The van der Waals surface area contributed by atoms with Gasteiger partial charge in [-0.2, -0.15) is 0 Å². The number of nitrogens with zero attached hydrogens (tertiary/aromatic N) is 2. The van der Waals surface area contributed by atoms with Gasteiger partial charge in [-0.05, 0) is 0 Å². The summed E-state index contributed by atoms with van der Waals surface area (Å²) in [7, 11) is 1.76. The fraction of sp³-hybridized carbons (Fsp3) is 0.583. The van der Waals surface area contributed by atoms with Crippen LogP contribution in [0.15, 0.2) is 6.07 Å². The number of amides is 1. The third-order valence-corrected chi connectivity index (χ3v) is 2.46. The number of aliphatic hydroxyl groups is 1. The van der Waals surface area contributed by atoms with Gasteiger partial charge in [0.25, 0.3) is 0 Å². The van der Waals surface area contributed by atoms with Crippen LogP contribution in [0.2, 0.25) is 0 Å². The lowest BCUT2D eigenvalue weighted by atomic mass is 9.96. The lowest BCUT2D eigenvalue weighted by molar-refractivity contribution is -0.125. The molecule has 0 spiro atoms. The standard InChI is InChI=1S/C12H21N5O2/c1-12(2,3)11-16-8(14-4)5-9(17-11)15-6-7(18)10(13)19/h5,7,18H,6H2,1-4H3,(H2,13,19)(H2,14,15,16,17). The van der Waals surface area contributed by atoms with Crippen LogP contribution >= 0.6 is 0 Å². The second-order valence-corrected chi connectivity index (χ2v) is 5.26. The molecule has 0 aliphatic rings. The maximum atomic E-state index is 10.8. The molecule has 0 saturated carbocycles. The van der Waals surface area contributed by atoms with Crippen LogP contribution in [-0.4, -0.2) is 40.7 Å². The average molecular weight is 267 g/mol. The first-order valence-corrected chi connectivity index (χ1v) is 6.02. The van der Waals surface area contributed by atoms with Crippen molar-refractivity contribution in [2.75, 3.05) is 24.2 Å². The zero-order valence-corrected chi connectivity index (χ0v) is 11.7. The van der Waals surface area contributed by atoms with Crippen molar-refractivity contribution in [2.24, 2.45) is 5.73 Å². The van der Waals surface area contributed by atoms with Gasteiger partial charge < -0.3 is 21.5 Å². The zero-order valence-electron chi connectivity index (χ0n) is 11.7. The fourth-order valence-corrected chi connectivity index (χ4v) is 1.30. The Morgan fingerprint density at radius 1 is 1.42 bits per heavy atom. The molecule has 0 fully saturated rings. The van der Waals surface area contributed by atoms with Crippen LogP contribution in [-0.2, 0) is 10.2 Å². The summed E-state index contributed by atoms with van der Waals surface area (Å²) in [5.74, 6) is 1.09. The number of primary amides is 1. The van der Waals surface area contributed by atoms with Gasteiger partial charge in [0.1, 0.15) is 23.6 Å². The molecule has 19 heavy (non-hydrogen) atoms. The summed E-state index contributed by atoms with van der Waals surface area (Å²) in [4.78, 5) is 19.5. The number of aromatic nitrogens is 2. The van der Waals surface area contributed by atoms with E-state index in [1.54, 1.807) is 13.1 Å². The van der Waals surface area contributed by atoms with Gasteiger partial charge in [0, 0.05) is 18.5 Å². The monoisotopic (exact) mass is 267 g/mol. The average Bonchev–Trinajstić information content (AvgIpc) is 2.34. The Bertz CT molecular complexity index is 456. The van der Waals surface area contributed by atoms with Crippen LogP contribution in [0.5, 0.6) is 0 Å². The Labute approximate surface area is 112 Å². The van der Waals surface area contributed by atoms with E-state index in [-0.39, 0.29) is 12.0 Å². The van der Waals surface area contributed by atoms with Gasteiger partial charge in [-0.3, -0.25) is 4.79 Å². The van der Waals surface area contributed by atoms with Gasteiger partial charge in [0.15, 0.2) is 0 Å². The number of rotatable bonds is 5. The van der Waals surface area contributed by atoms with E-state index in [2.05, 4.69) is 20.6 Å². The third kappa shape index (κ3) is 4.36. The van der Waals surface area contributed by atoms with Gasteiger partial charge in [-0.1, -0.05) is 20.8 Å². The molecule has 1 rings (SSSR count). The zero-order chi connectivity index (χ0) is 14.6. The number of carbonyl (C=O) groups is 1. The minimum atomic E-state index is -1.24. The minimum absolute atomic E-state index is 0.0130. The number of hydrogen-bond donors (Lipinski definition) is 4. The van der Waals surface area contributed by atoms with Crippen LogP contribution in [0.1, 0.15) is 26.6 Å². The Morgan fingerprint density at radius 2 is 2.00 bits per heavy atom. The molecule has 0 aromatic carbocycles. The Hall–Kier alpha value is -1.89. The Balaban J connectivity index is 2.92. The predicted molar refractivity (Wildman–Crippen MR) is 74.0 cm³/mol. The van der Waals surface area contributed by atoms with Crippen molar-refractivity contribution in [3.63, 3.8) is 0 Å². The fourth-order valence-electron chi connectivity index (χ4n) is 1.30. The van der Waals surface area contributed by atoms with Crippen LogP contribution in [0, 0.1) is 0 Å². The summed E-state index contributed by atoms with van der Waals surface area (Å²) in [5, 5.41) is 15.2. The van der Waals surface area contributed by atoms with E-state index in [1.165, 1.54) is 0 Å². The molecule has 5 N–H and O–H groups in total. The van der Waals surface area contributed by atoms with Crippen molar-refractivity contribution in [1.82, 2.24) is 9.97 Å². The smallest absolute Gasteiger partial charge is 0.248 e. The van der Waals surface area contributed by atoms with Gasteiger partial charge >= 0.3 is 0 Å². The molecule has 1 aromatic rings. The van der Waals surface area contributed by atoms with Crippen molar-refractivity contribution >= 4 is 17.5 Å². The number of anilines is 2. The maximum Gasteiger partial charge on any atom is 0.248 e. The normalized spacial score (nSPS) is 12.9. The number of nitrogens with two attached hydrogens (primary N) is 1. The van der Waals surface area contributed by atoms with Crippen molar-refractivity contribution < 1.29 is 9.90 Å². The van der Waals surface area contributed by atoms with E-state index >= 15 is 0 Å². The lowest BCUT2D eigenvalue weighted by Gasteiger charge is -2.19. The first-order chi connectivity index (χ1) is 8.74. The number of nitrogens with one attached hydrogen (secondary N) is 2. The highest BCUT2D eigenvalue weighted by Gasteiger charge is 2.19. The molecule has 1 heterocycles. The lowest BCUT2D eigenvalue weighted by Crippen LogP contribution is -2.34. The van der Waals surface area contributed by atoms with Gasteiger partial charge in [-0.15, -0.1) is 0 Å². The van der Waals surface area contributed by atoms with Crippen molar-refractivity contribution in [3.8, 4) is 0 Å². The maximum absolute atomic E-state index is 10.8. The molecular weight excluding hydrogens is 246 g/mol. The quantitative estimate of drug-likeness (QED) is 0.600. The molecule has 0 aliphatic heterocycles. The van der Waals surface area contributed by atoms with Crippen molar-refractivity contribution in [1.29, 1.82) is 0 Å². The Morgan fingerprint density at radius 3 is 2.47 bits per heavy atom. The van der Waals surface area contributed by atoms with Crippen LogP contribution in [0.4, 0.5) is 11.6 Å². The SMILES string of the molecule is CNc1cc(NCC(O)C(N)=O)nc(C(C)(C)C)n1. The van der Waals surface area contributed by atoms with E-state index in [1.807, 2.05) is 20.8 Å². The highest BCUT2D eigenvalue weighted by Crippen LogP contribution is 2.22. The molecule has 106 valence electrons. The number of aliphatic hydroxyl groups excluding tert-OH is 1. The van der Waals surface area contributed by atoms with Gasteiger partial charge in [0.05, 0.1) is 6.54 Å². The molecule has 1 unspecified atom stereocenters. The molecule has 7 nitrogen and oxygen atoms in total. The van der Waals surface area contributed by atoms with E-state index in [0.717, 1.165) is 0 Å². The van der Waals surface area contributed by atoms with Gasteiger partial charge in [-0.25, -0.2) is 9.97 Å². The molecule has 0 aliphatic carbocycles. The molecule has 0 radical (unpaired) electrons. The van der Waals surface area contributed by atoms with Crippen molar-refractivity contribution in [3.05, 3.63) is 11.9 Å². The van der Waals surface area contributed by atoms with Crippen molar-refractivity contribution in [2.45, 2.75) is 32.3 Å². The highest BCUT2D eigenvalue weighted by atomic mass is 16.3. The molecule has 0 saturated heterocycles. The second kappa shape index (κ2) is 5.83. The molecule has 1 atom stereocenters. The van der Waals surface area contributed by atoms with E-state index in [0.29, 0.717) is 17.5 Å². The molecule has 0 bridgehead atoms. The summed E-state index contributed by atoms with van der Waals surface area (Å²) in [5.41, 5.74) is 4.78. The first-order valence-electron chi connectivity index (χ1n) is 6.02. The predicted octanol–water partition coefficient (Wildman–Crippen LogP) is 0.0739. The van der Waals surface area contributed by atoms with Crippen LogP contribution < -0.4 is 16.4 Å². The molecular formula is C12H21N5O2.